The molecule has 2 bridgehead atoms. The number of nitrogens with one attached hydrogen (secondary N) is 2. The Morgan fingerprint density at radius 2 is 1.55 bits per heavy atom. The zero-order valence-corrected chi connectivity index (χ0v) is 22.9. The Hall–Kier alpha value is -3.62. The highest BCUT2D eigenvalue weighted by Gasteiger charge is 2.74. The molecule has 3 amide bonds. The van der Waals surface area contributed by atoms with E-state index in [1.54, 1.807) is 16.7 Å². The van der Waals surface area contributed by atoms with Crippen molar-refractivity contribution >= 4 is 35.2 Å². The number of hydrogen-bond acceptors (Lipinski definition) is 5. The fraction of sp³-hybridized carbons (Fsp3) is 0.344. The monoisotopic (exact) mass is 555 g/mol. The van der Waals surface area contributed by atoms with Crippen LogP contribution in [0.4, 0.5) is 5.69 Å². The highest BCUT2D eigenvalue weighted by atomic mass is 32.2. The number of aliphatic hydroxyl groups is 1. The van der Waals surface area contributed by atoms with Crippen LogP contribution in [0.2, 0.25) is 0 Å². The van der Waals surface area contributed by atoms with Gasteiger partial charge in [-0.05, 0) is 42.5 Å². The second kappa shape index (κ2) is 11.1. The minimum Gasteiger partial charge on any atom is -0.394 e. The lowest BCUT2D eigenvalue weighted by atomic mass is 9.70. The molecule has 3 aromatic rings. The summed E-state index contributed by atoms with van der Waals surface area (Å²) in [5.74, 6) is -1.80. The Morgan fingerprint density at radius 3 is 2.20 bits per heavy atom. The number of amides is 3. The predicted octanol–water partition coefficient (Wildman–Crippen LogP) is 3.64. The molecule has 6 atom stereocenters. The van der Waals surface area contributed by atoms with Crippen molar-refractivity contribution in [3.63, 3.8) is 0 Å². The lowest BCUT2D eigenvalue weighted by Gasteiger charge is -2.37. The van der Waals surface area contributed by atoms with Crippen LogP contribution in [0.25, 0.3) is 0 Å². The van der Waals surface area contributed by atoms with Crippen molar-refractivity contribution in [2.24, 2.45) is 11.8 Å². The molecule has 2 unspecified atom stereocenters. The zero-order valence-electron chi connectivity index (χ0n) is 22.1. The van der Waals surface area contributed by atoms with Gasteiger partial charge in [-0.3, -0.25) is 14.4 Å². The van der Waals surface area contributed by atoms with Crippen molar-refractivity contribution in [1.29, 1.82) is 0 Å². The number of thioether (sulfide) groups is 1. The number of hydrogen-bond donors (Lipinski definition) is 3. The standard InChI is InChI=1S/C32H33N3O4S/c36-20-24(18-21-10-4-1-5-11-21)35-28(30(38)33-19-22-12-6-2-7-13-22)32-17-16-25(40-32)26(27(32)31(35)39)29(37)34-23-14-8-3-9-15-23/h1-15,24-28,36H,16-20H2,(H,33,38)(H,34,37)/t24-,25+,26-,27+,28?,32?/m1/s1. The van der Waals surface area contributed by atoms with E-state index in [1.165, 1.54) is 0 Å². The molecule has 3 aliphatic heterocycles. The van der Waals surface area contributed by atoms with E-state index < -0.39 is 28.7 Å². The van der Waals surface area contributed by atoms with Gasteiger partial charge < -0.3 is 20.6 Å². The molecule has 7 nitrogen and oxygen atoms in total. The third-order valence-electron chi connectivity index (χ3n) is 8.56. The van der Waals surface area contributed by atoms with Crippen LogP contribution in [0.1, 0.15) is 24.0 Å². The smallest absolute Gasteiger partial charge is 0.244 e. The van der Waals surface area contributed by atoms with Gasteiger partial charge in [0.05, 0.1) is 29.2 Å². The topological polar surface area (TPSA) is 98.7 Å². The van der Waals surface area contributed by atoms with Crippen LogP contribution in [0.15, 0.2) is 91.0 Å². The number of anilines is 1. The number of rotatable bonds is 9. The Balaban J connectivity index is 1.33. The van der Waals surface area contributed by atoms with Crippen molar-refractivity contribution in [1.82, 2.24) is 10.2 Å². The van der Waals surface area contributed by atoms with Crippen LogP contribution in [0.3, 0.4) is 0 Å². The number of para-hydroxylation sites is 1. The number of fused-ring (bicyclic) bond motifs is 1. The molecule has 0 saturated carbocycles. The minimum absolute atomic E-state index is 0.0362. The van der Waals surface area contributed by atoms with E-state index in [0.717, 1.165) is 17.5 Å². The first-order valence-corrected chi connectivity index (χ1v) is 14.7. The normalized spacial score (nSPS) is 27.3. The van der Waals surface area contributed by atoms with Crippen LogP contribution in [-0.4, -0.2) is 56.4 Å². The van der Waals surface area contributed by atoms with Crippen LogP contribution in [0.5, 0.6) is 0 Å². The largest absolute Gasteiger partial charge is 0.394 e. The Kier molecular flexibility index (Phi) is 7.38. The first-order chi connectivity index (χ1) is 19.5. The highest BCUT2D eigenvalue weighted by molar-refractivity contribution is 8.02. The summed E-state index contributed by atoms with van der Waals surface area (Å²) in [5, 5.41) is 16.6. The molecular formula is C32H33N3O4S. The van der Waals surface area contributed by atoms with E-state index in [4.69, 9.17) is 0 Å². The fourth-order valence-electron chi connectivity index (χ4n) is 6.85. The average molecular weight is 556 g/mol. The van der Waals surface area contributed by atoms with Crippen molar-refractivity contribution in [3.8, 4) is 0 Å². The van der Waals surface area contributed by atoms with Crippen molar-refractivity contribution in [2.45, 2.75) is 47.9 Å². The van der Waals surface area contributed by atoms with Gasteiger partial charge in [-0.1, -0.05) is 78.9 Å². The van der Waals surface area contributed by atoms with E-state index in [-0.39, 0.29) is 29.6 Å². The van der Waals surface area contributed by atoms with Crippen molar-refractivity contribution in [3.05, 3.63) is 102 Å². The molecule has 206 valence electrons. The van der Waals surface area contributed by atoms with E-state index in [1.807, 2.05) is 91.0 Å². The summed E-state index contributed by atoms with van der Waals surface area (Å²) >= 11 is 1.63. The Bertz CT molecular complexity index is 1370. The van der Waals surface area contributed by atoms with Crippen LogP contribution >= 0.6 is 11.8 Å². The molecule has 1 spiro atoms. The van der Waals surface area contributed by atoms with E-state index in [0.29, 0.717) is 25.1 Å². The molecule has 6 rings (SSSR count). The summed E-state index contributed by atoms with van der Waals surface area (Å²) in [4.78, 5) is 43.7. The second-order valence-electron chi connectivity index (χ2n) is 10.9. The van der Waals surface area contributed by atoms with Crippen molar-refractivity contribution in [2.75, 3.05) is 11.9 Å². The van der Waals surface area contributed by atoms with E-state index in [9.17, 15) is 19.5 Å². The average Bonchev–Trinajstić information content (AvgIpc) is 3.63. The second-order valence-corrected chi connectivity index (χ2v) is 12.5. The van der Waals surface area contributed by atoms with Gasteiger partial charge in [0.15, 0.2) is 0 Å². The van der Waals surface area contributed by atoms with E-state index in [2.05, 4.69) is 10.6 Å². The maximum absolute atomic E-state index is 14.4. The molecule has 3 saturated heterocycles. The molecule has 3 N–H and O–H groups in total. The van der Waals surface area contributed by atoms with Gasteiger partial charge in [-0.25, -0.2) is 0 Å². The minimum atomic E-state index is -0.779. The lowest BCUT2D eigenvalue weighted by molar-refractivity contribution is -0.142. The maximum Gasteiger partial charge on any atom is 0.244 e. The molecule has 40 heavy (non-hydrogen) atoms. The summed E-state index contributed by atoms with van der Waals surface area (Å²) in [6.07, 6.45) is 1.86. The molecular weight excluding hydrogens is 522 g/mol. The fourth-order valence-corrected chi connectivity index (χ4v) is 9.06. The van der Waals surface area contributed by atoms with Gasteiger partial charge in [-0.15, -0.1) is 11.8 Å². The molecule has 0 aromatic heterocycles. The number of aliphatic hydroxyl groups excluding tert-OH is 1. The number of carbonyl (C=O) groups excluding carboxylic acids is 3. The molecule has 3 heterocycles. The third-order valence-corrected chi connectivity index (χ3v) is 10.5. The Labute approximate surface area is 238 Å². The van der Waals surface area contributed by atoms with Crippen LogP contribution < -0.4 is 10.6 Å². The number of nitrogens with zero attached hydrogens (tertiary/aromatic N) is 1. The van der Waals surface area contributed by atoms with Gasteiger partial charge >= 0.3 is 0 Å². The molecule has 0 radical (unpaired) electrons. The summed E-state index contributed by atoms with van der Waals surface area (Å²) in [7, 11) is 0. The van der Waals surface area contributed by atoms with Gasteiger partial charge in [-0.2, -0.15) is 0 Å². The van der Waals surface area contributed by atoms with Gasteiger partial charge in [0.2, 0.25) is 17.7 Å². The molecule has 8 heteroatoms. The molecule has 3 aromatic carbocycles. The van der Waals surface area contributed by atoms with Gasteiger partial charge in [0.1, 0.15) is 6.04 Å². The van der Waals surface area contributed by atoms with Gasteiger partial charge in [0.25, 0.3) is 0 Å². The quantitative estimate of drug-likeness (QED) is 0.375. The van der Waals surface area contributed by atoms with Crippen LogP contribution in [0, 0.1) is 11.8 Å². The van der Waals surface area contributed by atoms with Crippen LogP contribution in [-0.2, 0) is 27.3 Å². The number of carbonyl (C=O) groups is 3. The molecule has 3 fully saturated rings. The summed E-state index contributed by atoms with van der Waals surface area (Å²) < 4.78 is -0.717. The lowest BCUT2D eigenvalue weighted by Crippen LogP contribution is -2.56. The predicted molar refractivity (Wildman–Crippen MR) is 155 cm³/mol. The first kappa shape index (κ1) is 26.6. The van der Waals surface area contributed by atoms with E-state index >= 15 is 0 Å². The highest BCUT2D eigenvalue weighted by Crippen LogP contribution is 2.66. The molecule has 0 aliphatic carbocycles. The summed E-state index contributed by atoms with van der Waals surface area (Å²) in [6, 6.07) is 27.3. The summed E-state index contributed by atoms with van der Waals surface area (Å²) in [6.45, 7) is 0.0638. The number of benzene rings is 3. The summed E-state index contributed by atoms with van der Waals surface area (Å²) in [5.41, 5.74) is 2.63. The van der Waals surface area contributed by atoms with Gasteiger partial charge in [0, 0.05) is 17.5 Å². The zero-order chi connectivity index (χ0) is 27.7. The third kappa shape index (κ3) is 4.69. The maximum atomic E-state index is 14.4. The first-order valence-electron chi connectivity index (χ1n) is 13.8. The SMILES string of the molecule is O=C(NCc1ccccc1)C1N([C@@H](CO)Cc2ccccc2)C(=O)[C@@H]2[C@H](C(=O)Nc3ccccc3)[C@@H]3CCC12S3. The number of likely N-dealkylation sites (tertiary alicyclic amines) is 1. The molecule has 3 aliphatic rings. The Morgan fingerprint density at radius 1 is 0.925 bits per heavy atom. The van der Waals surface area contributed by atoms with Crippen molar-refractivity contribution < 1.29 is 19.5 Å².